The van der Waals surface area contributed by atoms with Gasteiger partial charge in [0.1, 0.15) is 11.6 Å². The number of ether oxygens (including phenoxy) is 1. The second kappa shape index (κ2) is 8.69. The van der Waals surface area contributed by atoms with Gasteiger partial charge in [-0.05, 0) is 56.2 Å². The van der Waals surface area contributed by atoms with Gasteiger partial charge in [0.2, 0.25) is 5.78 Å². The summed E-state index contributed by atoms with van der Waals surface area (Å²) in [7, 11) is 0. The Hall–Kier alpha value is -3.15. The molecular formula is C22H22FNO4. The van der Waals surface area contributed by atoms with Gasteiger partial charge in [0.15, 0.2) is 6.61 Å². The van der Waals surface area contributed by atoms with Gasteiger partial charge in [-0.25, -0.2) is 4.39 Å². The Bertz CT molecular complexity index is 955. The van der Waals surface area contributed by atoms with Crippen molar-refractivity contribution in [2.45, 2.75) is 33.2 Å². The lowest BCUT2D eigenvalue weighted by Crippen LogP contribution is -2.15. The number of hydrogen-bond acceptors (Lipinski definition) is 4. The molecule has 146 valence electrons. The van der Waals surface area contributed by atoms with Gasteiger partial charge in [-0.3, -0.25) is 9.59 Å². The number of Topliss-reactive ketones (excluding diaryl/α,β-unsaturated/α-hetero) is 1. The van der Waals surface area contributed by atoms with Crippen molar-refractivity contribution in [2.24, 2.45) is 0 Å². The quantitative estimate of drug-likeness (QED) is 0.431. The molecule has 0 aliphatic heterocycles. The smallest absolute Gasteiger partial charge is 0.306 e. The fraction of sp³-hybridized carbons (Fsp3) is 0.273. The number of aromatic nitrogens is 1. The van der Waals surface area contributed by atoms with E-state index in [4.69, 9.17) is 9.15 Å². The van der Waals surface area contributed by atoms with E-state index in [1.807, 2.05) is 30.5 Å². The summed E-state index contributed by atoms with van der Waals surface area (Å²) in [5, 5.41) is 0. The van der Waals surface area contributed by atoms with Crippen LogP contribution in [0.2, 0.25) is 0 Å². The number of carbonyl (C=O) groups excluding carboxylic acids is 2. The summed E-state index contributed by atoms with van der Waals surface area (Å²) in [6.45, 7) is 4.02. The van der Waals surface area contributed by atoms with Crippen molar-refractivity contribution in [1.29, 1.82) is 0 Å². The van der Waals surface area contributed by atoms with Crippen LogP contribution in [0.15, 0.2) is 53.1 Å². The van der Waals surface area contributed by atoms with Gasteiger partial charge < -0.3 is 13.7 Å². The van der Waals surface area contributed by atoms with E-state index in [-0.39, 0.29) is 24.6 Å². The SMILES string of the molecule is Cc1cc(C(=O)COC(=O)CCc2ccc(F)cc2)c(C)n1Cc1ccco1. The molecular weight excluding hydrogens is 361 g/mol. The number of rotatable bonds is 8. The summed E-state index contributed by atoms with van der Waals surface area (Å²) < 4.78 is 25.4. The number of hydrogen-bond donors (Lipinski definition) is 0. The standard InChI is InChI=1S/C22H22FNO4/c1-15-12-20(16(2)24(15)13-19-4-3-11-27-19)21(25)14-28-22(26)10-7-17-5-8-18(23)9-6-17/h3-6,8-9,11-12H,7,10,13-14H2,1-2H3. The number of carbonyl (C=O) groups is 2. The number of aryl methyl sites for hydroxylation is 2. The highest BCUT2D eigenvalue weighted by Crippen LogP contribution is 2.18. The van der Waals surface area contributed by atoms with E-state index in [1.54, 1.807) is 24.5 Å². The van der Waals surface area contributed by atoms with Gasteiger partial charge in [0, 0.05) is 23.4 Å². The molecule has 6 heteroatoms. The Morgan fingerprint density at radius 1 is 1.14 bits per heavy atom. The normalized spacial score (nSPS) is 10.8. The van der Waals surface area contributed by atoms with Crippen molar-refractivity contribution in [3.63, 3.8) is 0 Å². The predicted molar refractivity (Wildman–Crippen MR) is 102 cm³/mol. The Balaban J connectivity index is 1.54. The summed E-state index contributed by atoms with van der Waals surface area (Å²) >= 11 is 0. The van der Waals surface area contributed by atoms with E-state index < -0.39 is 5.97 Å². The molecule has 3 aromatic rings. The fourth-order valence-corrected chi connectivity index (χ4v) is 3.08. The van der Waals surface area contributed by atoms with Gasteiger partial charge >= 0.3 is 5.97 Å². The monoisotopic (exact) mass is 383 g/mol. The number of ketones is 1. The number of furan rings is 1. The van der Waals surface area contributed by atoms with E-state index in [9.17, 15) is 14.0 Å². The first kappa shape index (κ1) is 19.6. The van der Waals surface area contributed by atoms with Crippen molar-refractivity contribution in [1.82, 2.24) is 4.57 Å². The average molecular weight is 383 g/mol. The van der Waals surface area contributed by atoms with Crippen LogP contribution in [0.3, 0.4) is 0 Å². The third-order valence-corrected chi connectivity index (χ3v) is 4.66. The molecule has 0 saturated carbocycles. The van der Waals surface area contributed by atoms with Gasteiger partial charge in [-0.15, -0.1) is 0 Å². The summed E-state index contributed by atoms with van der Waals surface area (Å²) in [6, 6.07) is 11.5. The zero-order valence-electron chi connectivity index (χ0n) is 15.9. The highest BCUT2D eigenvalue weighted by Gasteiger charge is 2.18. The van der Waals surface area contributed by atoms with Crippen molar-refractivity contribution in [3.05, 3.63) is 82.8 Å². The van der Waals surface area contributed by atoms with Crippen LogP contribution in [-0.2, 0) is 22.5 Å². The molecule has 0 atom stereocenters. The first-order valence-corrected chi connectivity index (χ1v) is 9.06. The zero-order chi connectivity index (χ0) is 20.1. The van der Waals surface area contributed by atoms with Crippen LogP contribution in [0.1, 0.15) is 39.5 Å². The van der Waals surface area contributed by atoms with Gasteiger partial charge in [-0.2, -0.15) is 0 Å². The largest absolute Gasteiger partial charge is 0.467 e. The first-order valence-electron chi connectivity index (χ1n) is 9.06. The van der Waals surface area contributed by atoms with Gasteiger partial charge in [0.05, 0.1) is 12.8 Å². The molecule has 0 amide bonds. The predicted octanol–water partition coefficient (Wildman–Crippen LogP) is 4.24. The second-order valence-corrected chi connectivity index (χ2v) is 6.66. The summed E-state index contributed by atoms with van der Waals surface area (Å²) in [5.41, 5.74) is 3.11. The Labute approximate surface area is 162 Å². The van der Waals surface area contributed by atoms with Crippen molar-refractivity contribution in [2.75, 3.05) is 6.61 Å². The summed E-state index contributed by atoms with van der Waals surface area (Å²) in [6.07, 6.45) is 2.18. The Kier molecular flexibility index (Phi) is 6.09. The summed E-state index contributed by atoms with van der Waals surface area (Å²) in [4.78, 5) is 24.4. The minimum absolute atomic E-state index is 0.135. The summed E-state index contributed by atoms with van der Waals surface area (Å²) in [5.74, 6) is -0.217. The molecule has 0 aliphatic carbocycles. The van der Waals surface area contributed by atoms with Crippen LogP contribution in [-0.4, -0.2) is 22.9 Å². The van der Waals surface area contributed by atoms with Crippen LogP contribution in [0, 0.1) is 19.7 Å². The van der Waals surface area contributed by atoms with Gasteiger partial charge in [-0.1, -0.05) is 12.1 Å². The van der Waals surface area contributed by atoms with E-state index in [0.29, 0.717) is 18.5 Å². The lowest BCUT2D eigenvalue weighted by atomic mass is 10.1. The Morgan fingerprint density at radius 2 is 1.89 bits per heavy atom. The van der Waals surface area contributed by atoms with E-state index in [1.165, 1.54) is 12.1 Å². The highest BCUT2D eigenvalue weighted by molar-refractivity contribution is 5.99. The molecule has 28 heavy (non-hydrogen) atoms. The fourth-order valence-electron chi connectivity index (χ4n) is 3.08. The average Bonchev–Trinajstić information content (AvgIpc) is 3.29. The molecule has 0 bridgehead atoms. The maximum absolute atomic E-state index is 12.9. The van der Waals surface area contributed by atoms with Crippen LogP contribution in [0.4, 0.5) is 4.39 Å². The number of nitrogens with zero attached hydrogens (tertiary/aromatic N) is 1. The van der Waals surface area contributed by atoms with Crippen LogP contribution < -0.4 is 0 Å². The van der Waals surface area contributed by atoms with Crippen molar-refractivity contribution >= 4 is 11.8 Å². The molecule has 0 fully saturated rings. The third-order valence-electron chi connectivity index (χ3n) is 4.66. The maximum Gasteiger partial charge on any atom is 0.306 e. The van der Waals surface area contributed by atoms with E-state index in [0.717, 1.165) is 22.7 Å². The van der Waals surface area contributed by atoms with Gasteiger partial charge in [0.25, 0.3) is 0 Å². The number of esters is 1. The van der Waals surface area contributed by atoms with Crippen molar-refractivity contribution in [3.8, 4) is 0 Å². The molecule has 0 N–H and O–H groups in total. The minimum atomic E-state index is -0.456. The molecule has 0 unspecified atom stereocenters. The molecule has 1 aromatic carbocycles. The molecule has 5 nitrogen and oxygen atoms in total. The van der Waals surface area contributed by atoms with Crippen LogP contribution in [0.25, 0.3) is 0 Å². The number of halogens is 1. The molecule has 3 rings (SSSR count). The van der Waals surface area contributed by atoms with E-state index in [2.05, 4.69) is 0 Å². The Morgan fingerprint density at radius 3 is 2.57 bits per heavy atom. The zero-order valence-corrected chi connectivity index (χ0v) is 15.9. The lowest BCUT2D eigenvalue weighted by Gasteiger charge is -2.08. The molecule has 2 aromatic heterocycles. The molecule has 0 spiro atoms. The third kappa shape index (κ3) is 4.76. The van der Waals surface area contributed by atoms with Crippen LogP contribution >= 0.6 is 0 Å². The number of benzene rings is 1. The molecule has 2 heterocycles. The lowest BCUT2D eigenvalue weighted by molar-refractivity contribution is -0.142. The molecule has 0 aliphatic rings. The van der Waals surface area contributed by atoms with E-state index >= 15 is 0 Å². The van der Waals surface area contributed by atoms with Crippen LogP contribution in [0.5, 0.6) is 0 Å². The minimum Gasteiger partial charge on any atom is -0.467 e. The maximum atomic E-state index is 12.9. The van der Waals surface area contributed by atoms with Crippen molar-refractivity contribution < 1.29 is 23.1 Å². The second-order valence-electron chi connectivity index (χ2n) is 6.66. The topological polar surface area (TPSA) is 61.4 Å². The first-order chi connectivity index (χ1) is 13.4. The highest BCUT2D eigenvalue weighted by atomic mass is 19.1. The molecule has 0 saturated heterocycles. The molecule has 0 radical (unpaired) electrons.